The minimum atomic E-state index is 0.150. The third-order valence-corrected chi connectivity index (χ3v) is 3.32. The number of hydrogen-bond donors (Lipinski definition) is 1. The van der Waals surface area contributed by atoms with Crippen molar-refractivity contribution in [2.75, 3.05) is 40.5 Å². The highest BCUT2D eigenvalue weighted by Crippen LogP contribution is 2.27. The maximum Gasteiger partial charge on any atom is 0.0589 e. The molecule has 2 atom stereocenters. The lowest BCUT2D eigenvalue weighted by atomic mass is 9.80. The van der Waals surface area contributed by atoms with Gasteiger partial charge in [-0.05, 0) is 11.8 Å². The number of ether oxygens (including phenoxy) is 2. The fraction of sp³-hybridized carbons (Fsp3) is 1.00. The summed E-state index contributed by atoms with van der Waals surface area (Å²) in [5, 5.41) is 0. The van der Waals surface area contributed by atoms with E-state index in [1.165, 1.54) is 0 Å². The highest BCUT2D eigenvalue weighted by molar-refractivity contribution is 4.90. The second-order valence-corrected chi connectivity index (χ2v) is 5.90. The van der Waals surface area contributed by atoms with Crippen LogP contribution >= 0.6 is 0 Å². The fourth-order valence-corrected chi connectivity index (χ4v) is 2.49. The smallest absolute Gasteiger partial charge is 0.0589 e. The standard InChI is InChI=1S/C14H32N2O2/c1-7-12(15)13(14(2,3)4)16(8-10-17-5)9-11-18-6/h12-13H,7-11,15H2,1-6H3. The van der Waals surface area contributed by atoms with Gasteiger partial charge in [-0.2, -0.15) is 0 Å². The summed E-state index contributed by atoms with van der Waals surface area (Å²) < 4.78 is 10.4. The summed E-state index contributed by atoms with van der Waals surface area (Å²) in [5.41, 5.74) is 6.47. The van der Waals surface area contributed by atoms with Gasteiger partial charge in [-0.25, -0.2) is 0 Å². The summed E-state index contributed by atoms with van der Waals surface area (Å²) in [4.78, 5) is 2.40. The zero-order valence-electron chi connectivity index (χ0n) is 13.0. The lowest BCUT2D eigenvalue weighted by molar-refractivity contribution is 0.0321. The molecule has 0 spiro atoms. The molecule has 0 heterocycles. The molecule has 0 saturated carbocycles. The van der Waals surface area contributed by atoms with E-state index in [1.54, 1.807) is 14.2 Å². The van der Waals surface area contributed by atoms with Gasteiger partial charge in [-0.1, -0.05) is 27.7 Å². The van der Waals surface area contributed by atoms with Crippen molar-refractivity contribution < 1.29 is 9.47 Å². The number of hydrogen-bond acceptors (Lipinski definition) is 4. The minimum Gasteiger partial charge on any atom is -0.383 e. The molecule has 0 fully saturated rings. The highest BCUT2D eigenvalue weighted by atomic mass is 16.5. The molecule has 4 heteroatoms. The first kappa shape index (κ1) is 17.8. The van der Waals surface area contributed by atoms with E-state index in [0.717, 1.165) is 32.7 Å². The molecule has 0 aliphatic rings. The van der Waals surface area contributed by atoms with Gasteiger partial charge in [0, 0.05) is 39.4 Å². The van der Waals surface area contributed by atoms with E-state index < -0.39 is 0 Å². The van der Waals surface area contributed by atoms with Gasteiger partial charge in [0.25, 0.3) is 0 Å². The normalized spacial score (nSPS) is 16.0. The van der Waals surface area contributed by atoms with E-state index in [9.17, 15) is 0 Å². The van der Waals surface area contributed by atoms with Crippen LogP contribution in [0.4, 0.5) is 0 Å². The lowest BCUT2D eigenvalue weighted by Gasteiger charge is -2.43. The molecule has 0 aliphatic heterocycles. The summed E-state index contributed by atoms with van der Waals surface area (Å²) >= 11 is 0. The molecular weight excluding hydrogens is 228 g/mol. The lowest BCUT2D eigenvalue weighted by Crippen LogP contribution is -2.56. The first-order chi connectivity index (χ1) is 8.38. The number of nitrogens with two attached hydrogens (primary N) is 1. The van der Waals surface area contributed by atoms with Crippen LogP contribution in [0.5, 0.6) is 0 Å². The van der Waals surface area contributed by atoms with Crippen LogP contribution in [0.25, 0.3) is 0 Å². The van der Waals surface area contributed by atoms with Gasteiger partial charge in [0.2, 0.25) is 0 Å². The van der Waals surface area contributed by atoms with E-state index in [2.05, 4.69) is 32.6 Å². The van der Waals surface area contributed by atoms with Crippen LogP contribution in [0, 0.1) is 5.41 Å². The Labute approximate surface area is 113 Å². The van der Waals surface area contributed by atoms with Crippen molar-refractivity contribution in [2.45, 2.75) is 46.2 Å². The Balaban J connectivity index is 4.82. The van der Waals surface area contributed by atoms with Crippen LogP contribution in [-0.2, 0) is 9.47 Å². The molecule has 0 aliphatic carbocycles. The molecule has 0 amide bonds. The molecule has 0 saturated heterocycles. The molecule has 0 aromatic carbocycles. The quantitative estimate of drug-likeness (QED) is 0.686. The zero-order chi connectivity index (χ0) is 14.2. The Morgan fingerprint density at radius 2 is 1.50 bits per heavy atom. The molecule has 0 rings (SSSR count). The Bertz CT molecular complexity index is 196. The molecule has 0 radical (unpaired) electrons. The summed E-state index contributed by atoms with van der Waals surface area (Å²) in [5.74, 6) is 0. The average Bonchev–Trinajstić information content (AvgIpc) is 2.30. The van der Waals surface area contributed by atoms with Crippen molar-refractivity contribution in [3.05, 3.63) is 0 Å². The Morgan fingerprint density at radius 3 is 1.78 bits per heavy atom. The predicted octanol–water partition coefficient (Wildman–Crippen LogP) is 1.73. The molecule has 18 heavy (non-hydrogen) atoms. The Morgan fingerprint density at radius 1 is 1.06 bits per heavy atom. The molecule has 4 nitrogen and oxygen atoms in total. The van der Waals surface area contributed by atoms with Gasteiger partial charge < -0.3 is 15.2 Å². The molecular formula is C14H32N2O2. The predicted molar refractivity (Wildman–Crippen MR) is 76.8 cm³/mol. The number of rotatable bonds is 9. The molecule has 2 N–H and O–H groups in total. The molecule has 0 aromatic rings. The second-order valence-electron chi connectivity index (χ2n) is 5.90. The van der Waals surface area contributed by atoms with E-state index in [-0.39, 0.29) is 11.5 Å². The van der Waals surface area contributed by atoms with Crippen LogP contribution in [0.1, 0.15) is 34.1 Å². The third kappa shape index (κ3) is 6.14. The van der Waals surface area contributed by atoms with Gasteiger partial charge >= 0.3 is 0 Å². The van der Waals surface area contributed by atoms with Gasteiger partial charge in [0.1, 0.15) is 0 Å². The Kier molecular flexibility index (Phi) is 8.78. The van der Waals surface area contributed by atoms with Crippen LogP contribution in [-0.4, -0.2) is 57.5 Å². The van der Waals surface area contributed by atoms with E-state index in [1.807, 2.05) is 0 Å². The van der Waals surface area contributed by atoms with Crippen LogP contribution < -0.4 is 5.73 Å². The average molecular weight is 260 g/mol. The van der Waals surface area contributed by atoms with E-state index in [4.69, 9.17) is 15.2 Å². The largest absolute Gasteiger partial charge is 0.383 e. The topological polar surface area (TPSA) is 47.7 Å². The first-order valence-corrected chi connectivity index (χ1v) is 6.86. The molecule has 110 valence electrons. The highest BCUT2D eigenvalue weighted by Gasteiger charge is 2.34. The summed E-state index contributed by atoms with van der Waals surface area (Å²) in [6, 6.07) is 0.520. The van der Waals surface area contributed by atoms with Gasteiger partial charge in [-0.3, -0.25) is 4.90 Å². The molecule has 0 aromatic heterocycles. The first-order valence-electron chi connectivity index (χ1n) is 6.86. The number of nitrogens with zero attached hydrogens (tertiary/aromatic N) is 1. The maximum atomic E-state index is 6.32. The van der Waals surface area contributed by atoms with Crippen molar-refractivity contribution in [3.63, 3.8) is 0 Å². The second kappa shape index (κ2) is 8.86. The van der Waals surface area contributed by atoms with Crippen molar-refractivity contribution in [2.24, 2.45) is 11.1 Å². The summed E-state index contributed by atoms with van der Waals surface area (Å²) in [7, 11) is 3.47. The monoisotopic (exact) mass is 260 g/mol. The minimum absolute atomic E-state index is 0.150. The van der Waals surface area contributed by atoms with E-state index >= 15 is 0 Å². The van der Waals surface area contributed by atoms with Crippen LogP contribution in [0.2, 0.25) is 0 Å². The maximum absolute atomic E-state index is 6.32. The van der Waals surface area contributed by atoms with E-state index in [0.29, 0.717) is 6.04 Å². The van der Waals surface area contributed by atoms with Gasteiger partial charge in [0.15, 0.2) is 0 Å². The Hall–Kier alpha value is -0.160. The van der Waals surface area contributed by atoms with Crippen LogP contribution in [0.15, 0.2) is 0 Å². The van der Waals surface area contributed by atoms with Gasteiger partial charge in [-0.15, -0.1) is 0 Å². The summed E-state index contributed by atoms with van der Waals surface area (Å²) in [6.45, 7) is 12.2. The van der Waals surface area contributed by atoms with Crippen molar-refractivity contribution >= 4 is 0 Å². The summed E-state index contributed by atoms with van der Waals surface area (Å²) in [6.07, 6.45) is 0.985. The van der Waals surface area contributed by atoms with Gasteiger partial charge in [0.05, 0.1) is 13.2 Å². The molecule has 2 unspecified atom stereocenters. The number of methoxy groups -OCH3 is 2. The van der Waals surface area contributed by atoms with Crippen molar-refractivity contribution in [3.8, 4) is 0 Å². The third-order valence-electron chi connectivity index (χ3n) is 3.32. The zero-order valence-corrected chi connectivity index (χ0v) is 13.0. The van der Waals surface area contributed by atoms with Crippen molar-refractivity contribution in [1.29, 1.82) is 0 Å². The molecule has 0 bridgehead atoms. The van der Waals surface area contributed by atoms with Crippen molar-refractivity contribution in [1.82, 2.24) is 4.90 Å². The SMILES string of the molecule is CCC(N)C(N(CCOC)CCOC)C(C)(C)C. The van der Waals surface area contributed by atoms with Crippen LogP contribution in [0.3, 0.4) is 0 Å². The fourth-order valence-electron chi connectivity index (χ4n) is 2.49.